The highest BCUT2D eigenvalue weighted by molar-refractivity contribution is 4.98. The van der Waals surface area contributed by atoms with Crippen molar-refractivity contribution >= 4 is 0 Å². The number of rotatable bonds is 17. The van der Waals surface area contributed by atoms with Gasteiger partial charge in [0.15, 0.2) is 0 Å². The molecule has 0 unspecified atom stereocenters. The molecule has 0 saturated heterocycles. The summed E-state index contributed by atoms with van der Waals surface area (Å²) in [7, 11) is 0. The lowest BCUT2D eigenvalue weighted by atomic mass is 10.1. The summed E-state index contributed by atoms with van der Waals surface area (Å²) in [5, 5.41) is 0. The van der Waals surface area contributed by atoms with Gasteiger partial charge >= 0.3 is 0 Å². The first kappa shape index (κ1) is 25.1. The second-order valence-electron chi connectivity index (χ2n) is 7.66. The van der Waals surface area contributed by atoms with Crippen molar-refractivity contribution in [2.45, 2.75) is 142 Å². The summed E-state index contributed by atoms with van der Waals surface area (Å²) >= 11 is 0. The quantitative estimate of drug-likeness (QED) is 0.180. The summed E-state index contributed by atoms with van der Waals surface area (Å²) in [5.74, 6) is 13.3. The Bertz CT molecular complexity index is 370. The first-order valence-corrected chi connectivity index (χ1v) is 11.8. The van der Waals surface area contributed by atoms with E-state index < -0.39 is 0 Å². The highest BCUT2D eigenvalue weighted by atomic mass is 14.0. The number of unbranched alkanes of at least 4 members (excludes halogenated alkanes) is 17. The van der Waals surface area contributed by atoms with Crippen molar-refractivity contribution in [3.05, 3.63) is 0 Å². The van der Waals surface area contributed by atoms with Gasteiger partial charge in [-0.15, -0.1) is 23.7 Å². The summed E-state index contributed by atoms with van der Waals surface area (Å²) in [4.78, 5) is 0. The predicted molar refractivity (Wildman–Crippen MR) is 119 cm³/mol. The zero-order chi connectivity index (χ0) is 19.0. The SMILES string of the molecule is CCCCC#CCCCCCCCCCCCCC#CCCCCCC. The van der Waals surface area contributed by atoms with Crippen LogP contribution in [-0.2, 0) is 0 Å². The first-order valence-electron chi connectivity index (χ1n) is 11.8. The fraction of sp³-hybridized carbons (Fsp3) is 0.846. The first-order chi connectivity index (χ1) is 12.9. The van der Waals surface area contributed by atoms with Crippen LogP contribution in [0.5, 0.6) is 0 Å². The van der Waals surface area contributed by atoms with Crippen LogP contribution in [0.3, 0.4) is 0 Å². The van der Waals surface area contributed by atoms with Crippen molar-refractivity contribution in [2.24, 2.45) is 0 Å². The van der Waals surface area contributed by atoms with Crippen molar-refractivity contribution < 1.29 is 0 Å². The van der Waals surface area contributed by atoms with Gasteiger partial charge in [0.2, 0.25) is 0 Å². The lowest BCUT2D eigenvalue weighted by Gasteiger charge is -2.01. The summed E-state index contributed by atoms with van der Waals surface area (Å²) < 4.78 is 0. The van der Waals surface area contributed by atoms with Gasteiger partial charge in [-0.2, -0.15) is 0 Å². The van der Waals surface area contributed by atoms with Gasteiger partial charge in [-0.3, -0.25) is 0 Å². The molecule has 0 aromatic carbocycles. The molecule has 26 heavy (non-hydrogen) atoms. The van der Waals surface area contributed by atoms with E-state index in [0.717, 1.165) is 25.7 Å². The Morgan fingerprint density at radius 3 is 0.923 bits per heavy atom. The Balaban J connectivity index is 3.11. The van der Waals surface area contributed by atoms with Crippen molar-refractivity contribution in [3.63, 3.8) is 0 Å². The van der Waals surface area contributed by atoms with E-state index in [-0.39, 0.29) is 0 Å². The molecule has 0 radical (unpaired) electrons. The molecular formula is C26H46. The fourth-order valence-electron chi connectivity index (χ4n) is 3.10. The molecule has 0 aliphatic heterocycles. The summed E-state index contributed by atoms with van der Waals surface area (Å²) in [5.41, 5.74) is 0. The molecule has 0 aromatic heterocycles. The van der Waals surface area contributed by atoms with Crippen molar-refractivity contribution in [1.29, 1.82) is 0 Å². The van der Waals surface area contributed by atoms with Crippen LogP contribution in [0.15, 0.2) is 0 Å². The normalized spacial score (nSPS) is 10.1. The lowest BCUT2D eigenvalue weighted by Crippen LogP contribution is -1.82. The lowest BCUT2D eigenvalue weighted by molar-refractivity contribution is 0.555. The van der Waals surface area contributed by atoms with Crippen LogP contribution in [0, 0.1) is 23.7 Å². The van der Waals surface area contributed by atoms with Gasteiger partial charge in [0.05, 0.1) is 0 Å². The van der Waals surface area contributed by atoms with Gasteiger partial charge < -0.3 is 0 Å². The van der Waals surface area contributed by atoms with Crippen LogP contribution >= 0.6 is 0 Å². The molecule has 0 rings (SSSR count). The smallest absolute Gasteiger partial charge is 0.00886 e. The van der Waals surface area contributed by atoms with Crippen molar-refractivity contribution in [2.75, 3.05) is 0 Å². The van der Waals surface area contributed by atoms with E-state index in [4.69, 9.17) is 0 Å². The molecule has 0 heterocycles. The number of hydrogen-bond donors (Lipinski definition) is 0. The second-order valence-corrected chi connectivity index (χ2v) is 7.66. The Kier molecular flexibility index (Phi) is 23.3. The van der Waals surface area contributed by atoms with E-state index in [1.54, 1.807) is 0 Å². The third-order valence-corrected chi connectivity index (χ3v) is 4.91. The summed E-state index contributed by atoms with van der Waals surface area (Å²) in [6.45, 7) is 4.49. The molecule has 0 bridgehead atoms. The second kappa shape index (κ2) is 24.1. The molecular weight excluding hydrogens is 312 g/mol. The van der Waals surface area contributed by atoms with Crippen molar-refractivity contribution in [1.82, 2.24) is 0 Å². The van der Waals surface area contributed by atoms with E-state index in [0.29, 0.717) is 0 Å². The Labute approximate surface area is 166 Å². The zero-order valence-electron chi connectivity index (χ0n) is 18.1. The molecule has 0 N–H and O–H groups in total. The molecule has 0 nitrogen and oxygen atoms in total. The molecule has 0 fully saturated rings. The van der Waals surface area contributed by atoms with Crippen LogP contribution < -0.4 is 0 Å². The highest BCUT2D eigenvalue weighted by Crippen LogP contribution is 2.11. The van der Waals surface area contributed by atoms with E-state index in [1.807, 2.05) is 0 Å². The third-order valence-electron chi connectivity index (χ3n) is 4.91. The van der Waals surface area contributed by atoms with Crippen LogP contribution in [0.4, 0.5) is 0 Å². The number of hydrogen-bond acceptors (Lipinski definition) is 0. The Morgan fingerprint density at radius 1 is 0.308 bits per heavy atom. The summed E-state index contributed by atoms with van der Waals surface area (Å²) in [6, 6.07) is 0. The van der Waals surface area contributed by atoms with Gasteiger partial charge in [0, 0.05) is 25.7 Å². The van der Waals surface area contributed by atoms with E-state index in [1.165, 1.54) is 103 Å². The minimum absolute atomic E-state index is 1.10. The molecule has 0 aliphatic rings. The molecule has 0 atom stereocenters. The van der Waals surface area contributed by atoms with Gasteiger partial charge in [0.25, 0.3) is 0 Å². The minimum Gasteiger partial charge on any atom is -0.103 e. The maximum atomic E-state index is 3.35. The van der Waals surface area contributed by atoms with E-state index >= 15 is 0 Å². The molecule has 0 aliphatic carbocycles. The van der Waals surface area contributed by atoms with E-state index in [9.17, 15) is 0 Å². The molecule has 0 spiro atoms. The molecule has 0 saturated carbocycles. The monoisotopic (exact) mass is 358 g/mol. The predicted octanol–water partition coefficient (Wildman–Crippen LogP) is 8.84. The Hall–Kier alpha value is -0.880. The van der Waals surface area contributed by atoms with Crippen LogP contribution in [0.2, 0.25) is 0 Å². The van der Waals surface area contributed by atoms with Crippen LogP contribution in [0.25, 0.3) is 0 Å². The van der Waals surface area contributed by atoms with E-state index in [2.05, 4.69) is 37.5 Å². The molecule has 0 heteroatoms. The average Bonchev–Trinajstić information content (AvgIpc) is 2.66. The fourth-order valence-corrected chi connectivity index (χ4v) is 3.10. The van der Waals surface area contributed by atoms with Crippen LogP contribution in [0.1, 0.15) is 142 Å². The van der Waals surface area contributed by atoms with Gasteiger partial charge in [-0.25, -0.2) is 0 Å². The zero-order valence-corrected chi connectivity index (χ0v) is 18.1. The Morgan fingerprint density at radius 2 is 0.577 bits per heavy atom. The topological polar surface area (TPSA) is 0 Å². The minimum atomic E-state index is 1.10. The van der Waals surface area contributed by atoms with Gasteiger partial charge in [-0.05, 0) is 25.7 Å². The van der Waals surface area contributed by atoms with Gasteiger partial charge in [-0.1, -0.05) is 90.9 Å². The molecule has 0 amide bonds. The average molecular weight is 359 g/mol. The summed E-state index contributed by atoms with van der Waals surface area (Å²) in [6.07, 6.45) is 26.2. The van der Waals surface area contributed by atoms with Crippen molar-refractivity contribution in [3.8, 4) is 23.7 Å². The van der Waals surface area contributed by atoms with Crippen LogP contribution in [-0.4, -0.2) is 0 Å². The molecule has 150 valence electrons. The standard InChI is InChI=1S/C26H46/c1-3-5-7-9-11-13-15-17-19-21-23-25-26-24-22-20-18-16-14-12-10-8-6-4-2/h3-9,11,14,16-26H2,1-2H3. The molecule has 0 aromatic rings. The highest BCUT2D eigenvalue weighted by Gasteiger charge is 1.93. The maximum Gasteiger partial charge on any atom is 0.00886 e. The third kappa shape index (κ3) is 23.1. The maximum absolute atomic E-state index is 3.35. The largest absolute Gasteiger partial charge is 0.103 e. The van der Waals surface area contributed by atoms with Gasteiger partial charge in [0.1, 0.15) is 0 Å².